The largest absolute Gasteiger partial charge is 0.407 e. The van der Waals surface area contributed by atoms with E-state index in [1.165, 1.54) is 38.1 Å². The first-order valence-electron chi connectivity index (χ1n) is 5.95. The molecule has 114 valence electrons. The van der Waals surface area contributed by atoms with Crippen LogP contribution >= 0.6 is 19.2 Å². The predicted molar refractivity (Wildman–Crippen MR) is 71.1 cm³/mol. The van der Waals surface area contributed by atoms with E-state index in [9.17, 15) is 17.7 Å². The third-order valence-corrected chi connectivity index (χ3v) is 5.14. The van der Waals surface area contributed by atoms with E-state index in [0.29, 0.717) is 0 Å². The van der Waals surface area contributed by atoms with Crippen molar-refractivity contribution in [1.82, 2.24) is 0 Å². The van der Waals surface area contributed by atoms with Crippen LogP contribution in [-0.4, -0.2) is 19.4 Å². The van der Waals surface area contributed by atoms with Gasteiger partial charge >= 0.3 is 13.8 Å². The van der Waals surface area contributed by atoms with Gasteiger partial charge in [-0.3, -0.25) is 4.57 Å². The molecule has 0 fully saturated rings. The highest BCUT2D eigenvalue weighted by atomic mass is 35.5. The second-order valence-corrected chi connectivity index (χ2v) is 6.42. The highest BCUT2D eigenvalue weighted by molar-refractivity contribution is 7.54. The quantitative estimate of drug-likeness (QED) is 0.672. The third-order valence-electron chi connectivity index (χ3n) is 2.43. The summed E-state index contributed by atoms with van der Waals surface area (Å²) in [5.41, 5.74) is -2.53. The zero-order chi connectivity index (χ0) is 15.4. The lowest BCUT2D eigenvalue weighted by molar-refractivity contribution is -0.136. The van der Waals surface area contributed by atoms with E-state index in [4.69, 9.17) is 20.6 Å². The van der Waals surface area contributed by atoms with Crippen LogP contribution in [0.1, 0.15) is 25.1 Å². The number of hydrogen-bond donors (Lipinski definition) is 0. The van der Waals surface area contributed by atoms with Crippen molar-refractivity contribution in [3.8, 4) is 0 Å². The molecule has 0 spiro atoms. The molecule has 0 aliphatic carbocycles. The van der Waals surface area contributed by atoms with Gasteiger partial charge in [0.15, 0.2) is 5.66 Å². The Morgan fingerprint density at radius 2 is 1.60 bits per heavy atom. The SMILES string of the molecule is CCOP(=O)(OCC)C(c1ccc(Cl)cc1)C(F)(F)F. The van der Waals surface area contributed by atoms with Gasteiger partial charge in [0.1, 0.15) is 0 Å². The Balaban J connectivity index is 3.30. The molecule has 8 heteroatoms. The average molecular weight is 331 g/mol. The summed E-state index contributed by atoms with van der Waals surface area (Å²) in [6, 6.07) is 4.95. The van der Waals surface area contributed by atoms with Gasteiger partial charge in [-0.2, -0.15) is 13.2 Å². The second kappa shape index (κ2) is 6.94. The molecule has 1 rings (SSSR count). The van der Waals surface area contributed by atoms with Crippen LogP contribution in [0, 0.1) is 0 Å². The van der Waals surface area contributed by atoms with Crippen LogP contribution in [0.5, 0.6) is 0 Å². The highest BCUT2D eigenvalue weighted by Gasteiger charge is 2.54. The summed E-state index contributed by atoms with van der Waals surface area (Å²) >= 11 is 5.65. The zero-order valence-corrected chi connectivity index (χ0v) is 12.6. The Bertz CT molecular complexity index is 466. The molecule has 1 atom stereocenters. The molecule has 1 unspecified atom stereocenters. The summed E-state index contributed by atoms with van der Waals surface area (Å²) in [4.78, 5) is 0. The first kappa shape index (κ1) is 17.5. The van der Waals surface area contributed by atoms with Crippen molar-refractivity contribution in [2.24, 2.45) is 0 Å². The van der Waals surface area contributed by atoms with Crippen LogP contribution in [0.4, 0.5) is 13.2 Å². The minimum atomic E-state index is -4.76. The van der Waals surface area contributed by atoms with E-state index >= 15 is 0 Å². The van der Waals surface area contributed by atoms with Gasteiger partial charge in [0, 0.05) is 5.02 Å². The second-order valence-electron chi connectivity index (χ2n) is 3.87. The van der Waals surface area contributed by atoms with Gasteiger partial charge in [-0.05, 0) is 31.5 Å². The van der Waals surface area contributed by atoms with Crippen LogP contribution in [0.15, 0.2) is 24.3 Å². The van der Waals surface area contributed by atoms with E-state index in [0.717, 1.165) is 0 Å². The van der Waals surface area contributed by atoms with E-state index in [-0.39, 0.29) is 23.8 Å². The zero-order valence-electron chi connectivity index (χ0n) is 11.0. The fourth-order valence-electron chi connectivity index (χ4n) is 1.74. The van der Waals surface area contributed by atoms with Crippen molar-refractivity contribution >= 4 is 19.2 Å². The molecule has 20 heavy (non-hydrogen) atoms. The molecule has 0 amide bonds. The van der Waals surface area contributed by atoms with Gasteiger partial charge in [0.25, 0.3) is 0 Å². The maximum atomic E-state index is 13.3. The maximum absolute atomic E-state index is 13.3. The number of hydrogen-bond acceptors (Lipinski definition) is 3. The average Bonchev–Trinajstić information content (AvgIpc) is 2.30. The molecule has 0 aliphatic heterocycles. The van der Waals surface area contributed by atoms with E-state index < -0.39 is 19.4 Å². The summed E-state index contributed by atoms with van der Waals surface area (Å²) in [7, 11) is -4.36. The summed E-state index contributed by atoms with van der Waals surface area (Å²) in [6.07, 6.45) is -4.76. The van der Waals surface area contributed by atoms with Gasteiger partial charge in [-0.1, -0.05) is 23.7 Å². The lowest BCUT2D eigenvalue weighted by Gasteiger charge is -2.28. The molecule has 0 saturated carbocycles. The van der Waals surface area contributed by atoms with Crippen molar-refractivity contribution in [3.63, 3.8) is 0 Å². The van der Waals surface area contributed by atoms with Crippen LogP contribution in [-0.2, 0) is 13.6 Å². The van der Waals surface area contributed by atoms with Gasteiger partial charge in [-0.15, -0.1) is 0 Å². The first-order valence-corrected chi connectivity index (χ1v) is 7.94. The van der Waals surface area contributed by atoms with Crippen LogP contribution < -0.4 is 0 Å². The normalized spacial score (nSPS) is 14.3. The Kier molecular flexibility index (Phi) is 6.07. The van der Waals surface area contributed by atoms with Crippen molar-refractivity contribution in [2.75, 3.05) is 13.2 Å². The third kappa shape index (κ3) is 4.22. The Morgan fingerprint density at radius 1 is 1.15 bits per heavy atom. The number of alkyl halides is 3. The molecule has 0 radical (unpaired) electrons. The van der Waals surface area contributed by atoms with Crippen LogP contribution in [0.25, 0.3) is 0 Å². The number of halogens is 4. The van der Waals surface area contributed by atoms with Gasteiger partial charge in [0.2, 0.25) is 0 Å². The summed E-state index contributed by atoms with van der Waals surface area (Å²) in [5.74, 6) is 0. The fourth-order valence-corrected chi connectivity index (χ4v) is 3.86. The monoisotopic (exact) mass is 330 g/mol. The van der Waals surface area contributed by atoms with E-state index in [1.54, 1.807) is 0 Å². The van der Waals surface area contributed by atoms with E-state index in [2.05, 4.69) is 0 Å². The predicted octanol–water partition coefficient (Wildman–Crippen LogP) is 5.21. The minimum absolute atomic E-state index is 0.141. The molecular weight excluding hydrogens is 316 g/mol. The Morgan fingerprint density at radius 3 is 1.95 bits per heavy atom. The standard InChI is InChI=1S/C12H15ClF3O3P/c1-3-18-20(17,19-4-2)11(12(14,15)16)9-5-7-10(13)8-6-9/h5-8,11H,3-4H2,1-2H3. The van der Waals surface area contributed by atoms with Gasteiger partial charge < -0.3 is 9.05 Å². The highest BCUT2D eigenvalue weighted by Crippen LogP contribution is 2.66. The molecule has 0 aromatic heterocycles. The Hall–Kier alpha value is -0.550. The smallest absolute Gasteiger partial charge is 0.308 e. The van der Waals surface area contributed by atoms with Crippen molar-refractivity contribution in [1.29, 1.82) is 0 Å². The summed E-state index contributed by atoms with van der Waals surface area (Å²) in [6.45, 7) is 2.64. The molecular formula is C12H15ClF3O3P. The number of benzene rings is 1. The lowest BCUT2D eigenvalue weighted by Crippen LogP contribution is -2.23. The van der Waals surface area contributed by atoms with Gasteiger partial charge in [0.05, 0.1) is 13.2 Å². The summed E-state index contributed by atoms with van der Waals surface area (Å²) < 4.78 is 61.9. The van der Waals surface area contributed by atoms with E-state index in [1.807, 2.05) is 0 Å². The topological polar surface area (TPSA) is 35.5 Å². The van der Waals surface area contributed by atoms with Crippen molar-refractivity contribution in [2.45, 2.75) is 25.7 Å². The Labute approximate surface area is 120 Å². The molecule has 0 bridgehead atoms. The molecule has 0 saturated heterocycles. The van der Waals surface area contributed by atoms with Crippen molar-refractivity contribution < 1.29 is 26.8 Å². The molecule has 1 aromatic carbocycles. The minimum Gasteiger partial charge on any atom is -0.308 e. The molecule has 3 nitrogen and oxygen atoms in total. The first-order chi connectivity index (χ1) is 9.24. The molecule has 0 heterocycles. The lowest BCUT2D eigenvalue weighted by atomic mass is 10.1. The number of rotatable bonds is 6. The van der Waals surface area contributed by atoms with Crippen LogP contribution in [0.3, 0.4) is 0 Å². The molecule has 0 N–H and O–H groups in total. The molecule has 1 aromatic rings. The summed E-state index contributed by atoms with van der Waals surface area (Å²) in [5, 5.41) is 0.289. The van der Waals surface area contributed by atoms with Crippen molar-refractivity contribution in [3.05, 3.63) is 34.9 Å². The van der Waals surface area contributed by atoms with Gasteiger partial charge in [-0.25, -0.2) is 0 Å². The maximum Gasteiger partial charge on any atom is 0.407 e. The fraction of sp³-hybridized carbons (Fsp3) is 0.500. The molecule has 0 aliphatic rings. The van der Waals surface area contributed by atoms with Crippen LogP contribution in [0.2, 0.25) is 5.02 Å².